The predicted octanol–water partition coefficient (Wildman–Crippen LogP) is 2.21. The van der Waals surface area contributed by atoms with Gasteiger partial charge in [-0.3, -0.25) is 0 Å². The highest BCUT2D eigenvalue weighted by Gasteiger charge is 2.52. The molecule has 26 heavy (non-hydrogen) atoms. The molecule has 0 atom stereocenters. The first kappa shape index (κ1) is 18.1. The SMILES string of the molecule is C=[N+](C)CC1(c2nc3cc(B4OC(C)(C)C(C)(C)O4)ccc3s2)COC1. The fourth-order valence-electron chi connectivity index (χ4n) is 3.44. The summed E-state index contributed by atoms with van der Waals surface area (Å²) in [5.74, 6) is 0. The second kappa shape index (κ2) is 5.86. The van der Waals surface area contributed by atoms with E-state index in [1.807, 2.05) is 11.6 Å². The van der Waals surface area contributed by atoms with Crippen molar-refractivity contribution in [2.45, 2.75) is 44.3 Å². The third-order valence-electron chi connectivity index (χ3n) is 5.72. The van der Waals surface area contributed by atoms with E-state index in [9.17, 15) is 0 Å². The lowest BCUT2D eigenvalue weighted by atomic mass is 9.79. The standard InChI is InChI=1S/C19H26BN2O3S/c1-17(2)18(3,4)25-20(24-17)13-7-8-15-14(9-13)21-16(26-15)19(10-22(5)6)11-23-12-19/h7-9H,5,10-12H2,1-4,6H3/q+1. The third-order valence-corrected chi connectivity index (χ3v) is 7.00. The van der Waals surface area contributed by atoms with Crippen molar-refractivity contribution in [2.24, 2.45) is 0 Å². The zero-order valence-corrected chi connectivity index (χ0v) is 17.0. The summed E-state index contributed by atoms with van der Waals surface area (Å²) in [6.45, 7) is 14.5. The first-order valence-corrected chi connectivity index (χ1v) is 9.80. The molecule has 0 N–H and O–H groups in total. The number of fused-ring (bicyclic) bond motifs is 1. The van der Waals surface area contributed by atoms with Gasteiger partial charge in [0.15, 0.2) is 6.54 Å². The van der Waals surface area contributed by atoms with Gasteiger partial charge < -0.3 is 14.0 Å². The van der Waals surface area contributed by atoms with Crippen molar-refractivity contribution in [3.05, 3.63) is 23.2 Å². The van der Waals surface area contributed by atoms with E-state index >= 15 is 0 Å². The van der Waals surface area contributed by atoms with Crippen molar-refractivity contribution in [3.8, 4) is 0 Å². The summed E-state index contributed by atoms with van der Waals surface area (Å²) in [5.41, 5.74) is 1.29. The van der Waals surface area contributed by atoms with Gasteiger partial charge in [-0.05, 0) is 45.3 Å². The Morgan fingerprint density at radius 1 is 1.19 bits per heavy atom. The Morgan fingerprint density at radius 2 is 1.85 bits per heavy atom. The Hall–Kier alpha value is -1.28. The van der Waals surface area contributed by atoms with Crippen molar-refractivity contribution in [1.82, 2.24) is 4.98 Å². The van der Waals surface area contributed by atoms with Gasteiger partial charge in [0.25, 0.3) is 0 Å². The number of aromatic nitrogens is 1. The van der Waals surface area contributed by atoms with Gasteiger partial charge in [0, 0.05) is 0 Å². The van der Waals surface area contributed by atoms with Crippen molar-refractivity contribution in [2.75, 3.05) is 26.8 Å². The van der Waals surface area contributed by atoms with E-state index in [0.717, 1.165) is 22.5 Å². The molecule has 5 nitrogen and oxygen atoms in total. The largest absolute Gasteiger partial charge is 0.494 e. The highest BCUT2D eigenvalue weighted by Crippen LogP contribution is 2.39. The van der Waals surface area contributed by atoms with E-state index in [1.165, 1.54) is 4.70 Å². The maximum Gasteiger partial charge on any atom is 0.494 e. The molecule has 1 aromatic heterocycles. The number of hydrogen-bond acceptors (Lipinski definition) is 5. The average molecular weight is 373 g/mol. The van der Waals surface area contributed by atoms with Crippen LogP contribution in [0.5, 0.6) is 0 Å². The van der Waals surface area contributed by atoms with E-state index in [1.54, 1.807) is 11.3 Å². The summed E-state index contributed by atoms with van der Waals surface area (Å²) in [5, 5.41) is 1.13. The molecule has 2 aromatic rings. The van der Waals surface area contributed by atoms with Crippen LogP contribution in [-0.4, -0.2) is 61.4 Å². The van der Waals surface area contributed by atoms with Crippen LogP contribution in [0.15, 0.2) is 18.2 Å². The van der Waals surface area contributed by atoms with Crippen molar-refractivity contribution < 1.29 is 18.6 Å². The molecule has 0 amide bonds. The van der Waals surface area contributed by atoms with Crippen LogP contribution in [0.1, 0.15) is 32.7 Å². The van der Waals surface area contributed by atoms with Crippen LogP contribution in [0.25, 0.3) is 10.2 Å². The molecule has 4 rings (SSSR count). The Kier molecular flexibility index (Phi) is 4.08. The van der Waals surface area contributed by atoms with Gasteiger partial charge in [0.1, 0.15) is 24.2 Å². The van der Waals surface area contributed by atoms with E-state index < -0.39 is 0 Å². The average Bonchev–Trinajstić information content (AvgIpc) is 3.00. The van der Waals surface area contributed by atoms with Crippen LogP contribution in [-0.2, 0) is 19.5 Å². The molecule has 0 bridgehead atoms. The highest BCUT2D eigenvalue weighted by molar-refractivity contribution is 7.18. The number of ether oxygens (including phenoxy) is 1. The molecule has 2 saturated heterocycles. The zero-order valence-electron chi connectivity index (χ0n) is 16.2. The summed E-state index contributed by atoms with van der Waals surface area (Å²) in [4.78, 5) is 4.94. The van der Waals surface area contributed by atoms with Crippen LogP contribution in [0.2, 0.25) is 0 Å². The van der Waals surface area contributed by atoms with Crippen LogP contribution in [0.3, 0.4) is 0 Å². The van der Waals surface area contributed by atoms with Crippen LogP contribution in [0, 0.1) is 0 Å². The number of nitrogens with zero attached hydrogens (tertiary/aromatic N) is 2. The van der Waals surface area contributed by atoms with Gasteiger partial charge in [-0.2, -0.15) is 0 Å². The maximum absolute atomic E-state index is 6.18. The molecule has 2 aliphatic rings. The van der Waals surface area contributed by atoms with Gasteiger partial charge in [-0.1, -0.05) is 6.07 Å². The lowest BCUT2D eigenvalue weighted by Crippen LogP contribution is -2.51. The van der Waals surface area contributed by atoms with Gasteiger partial charge in [-0.25, -0.2) is 9.56 Å². The molecule has 2 aliphatic heterocycles. The van der Waals surface area contributed by atoms with E-state index in [2.05, 4.69) is 52.6 Å². The second-order valence-electron chi connectivity index (χ2n) is 8.62. The molecule has 138 valence electrons. The quantitative estimate of drug-likeness (QED) is 0.468. The number of thiazole rings is 1. The first-order valence-electron chi connectivity index (χ1n) is 8.98. The minimum absolute atomic E-state index is 0.0370. The zero-order chi connectivity index (χ0) is 18.7. The van der Waals surface area contributed by atoms with Gasteiger partial charge >= 0.3 is 7.12 Å². The molecule has 3 heterocycles. The van der Waals surface area contributed by atoms with Gasteiger partial charge in [0.05, 0.1) is 34.6 Å². The molecule has 2 fully saturated rings. The van der Waals surface area contributed by atoms with Gasteiger partial charge in [-0.15, -0.1) is 11.3 Å². The van der Waals surface area contributed by atoms with E-state index in [4.69, 9.17) is 19.0 Å². The summed E-state index contributed by atoms with van der Waals surface area (Å²) in [6, 6.07) is 6.31. The fourth-order valence-corrected chi connectivity index (χ4v) is 4.54. The topological polar surface area (TPSA) is 43.6 Å². The van der Waals surface area contributed by atoms with E-state index in [0.29, 0.717) is 13.2 Å². The van der Waals surface area contributed by atoms with Crippen LogP contribution < -0.4 is 5.46 Å². The molecule has 0 aliphatic carbocycles. The molecular weight excluding hydrogens is 347 g/mol. The third kappa shape index (κ3) is 2.82. The highest BCUT2D eigenvalue weighted by atomic mass is 32.1. The Morgan fingerprint density at radius 3 is 2.38 bits per heavy atom. The Bertz CT molecular complexity index is 857. The van der Waals surface area contributed by atoms with Crippen LogP contribution >= 0.6 is 11.3 Å². The molecule has 7 heteroatoms. The summed E-state index contributed by atoms with van der Waals surface area (Å²) in [6.07, 6.45) is 0. The normalized spacial score (nSPS) is 23.2. The van der Waals surface area contributed by atoms with Crippen LogP contribution in [0.4, 0.5) is 0 Å². The predicted molar refractivity (Wildman–Crippen MR) is 106 cm³/mol. The van der Waals surface area contributed by atoms with Crippen molar-refractivity contribution in [3.63, 3.8) is 0 Å². The first-order chi connectivity index (χ1) is 12.1. The minimum Gasteiger partial charge on any atom is -0.399 e. The van der Waals surface area contributed by atoms with Gasteiger partial charge in [0.2, 0.25) is 0 Å². The number of benzene rings is 1. The number of rotatable bonds is 4. The smallest absolute Gasteiger partial charge is 0.399 e. The Labute approximate surface area is 159 Å². The molecule has 1 aromatic carbocycles. The molecular formula is C19H26BN2O3S+. The maximum atomic E-state index is 6.18. The summed E-state index contributed by atoms with van der Waals surface area (Å²) < 4.78 is 21.0. The van der Waals surface area contributed by atoms with Crippen molar-refractivity contribution >= 4 is 40.9 Å². The minimum atomic E-state index is -0.360. The fraction of sp³-hybridized carbons (Fsp3) is 0.579. The van der Waals surface area contributed by atoms with E-state index in [-0.39, 0.29) is 23.7 Å². The second-order valence-corrected chi connectivity index (χ2v) is 9.65. The summed E-state index contributed by atoms with van der Waals surface area (Å²) >= 11 is 1.75. The number of hydrogen-bond donors (Lipinski definition) is 0. The van der Waals surface area contributed by atoms with Crippen molar-refractivity contribution in [1.29, 1.82) is 0 Å². The monoisotopic (exact) mass is 373 g/mol. The lowest BCUT2D eigenvalue weighted by Gasteiger charge is -2.37. The Balaban J connectivity index is 1.66. The molecule has 0 spiro atoms. The molecule has 0 unspecified atom stereocenters. The summed E-state index contributed by atoms with van der Waals surface area (Å²) in [7, 11) is 1.63. The lowest BCUT2D eigenvalue weighted by molar-refractivity contribution is -0.506. The molecule has 0 saturated carbocycles. The number of likely N-dealkylation sites (N-methyl/N-ethyl adjacent to an activating group) is 1. The molecule has 0 radical (unpaired) electrons.